The topological polar surface area (TPSA) is 227 Å². The van der Waals surface area contributed by atoms with Gasteiger partial charge >= 0.3 is 29.8 Å². The summed E-state index contributed by atoms with van der Waals surface area (Å²) >= 11 is 0. The Kier molecular flexibility index (Phi) is 14.0. The van der Waals surface area contributed by atoms with Gasteiger partial charge in [0.05, 0.1) is 36.0 Å². The smallest absolute Gasteiger partial charge is 0.338 e. The maximum absolute atomic E-state index is 16.1. The molecule has 3 fully saturated rings. The standard InChI is InChI=1S/C52H57NO15/c1-8-19-38(56)65-35-26-36-51(28-63-36,68-30(4)54)43-45(67-47(60)33-24-17-12-18-25-33)52(62)27-34(29(3)39(49(52,5)6)42(66-37(55)9-2)44(58)50(35,43)7)64-48(61)41(57)40(31-20-13-10-14-21-31)53-46(59)32-22-15-11-16-23-32/h8,10-18,20-25,34-36,40-43,45,57,62H,1,9,19,26-28H2,2-7H3,(H,53,59)/t34-,35-,36+,40-,41+,42+,43-,45-,50+,51-,52+/m0/s1. The molecule has 16 heteroatoms. The molecule has 0 aromatic heterocycles. The molecule has 1 amide bonds. The number of ketones is 1. The van der Waals surface area contributed by atoms with E-state index >= 15 is 4.79 Å². The fourth-order valence-corrected chi connectivity index (χ4v) is 10.7. The van der Waals surface area contributed by atoms with E-state index in [0.717, 1.165) is 6.92 Å². The van der Waals surface area contributed by atoms with Crippen molar-refractivity contribution in [2.24, 2.45) is 16.7 Å². The number of ether oxygens (including phenoxy) is 6. The highest BCUT2D eigenvalue weighted by Gasteiger charge is 2.79. The summed E-state index contributed by atoms with van der Waals surface area (Å²) in [6.45, 7) is 12.0. The highest BCUT2D eigenvalue weighted by molar-refractivity contribution is 5.96. The molecular formula is C52H57NO15. The molecule has 0 unspecified atom stereocenters. The summed E-state index contributed by atoms with van der Waals surface area (Å²) in [6, 6.07) is 22.9. The summed E-state index contributed by atoms with van der Waals surface area (Å²) in [4.78, 5) is 98.9. The Bertz CT molecular complexity index is 2490. The van der Waals surface area contributed by atoms with Crippen LogP contribution in [0, 0.1) is 16.7 Å². The van der Waals surface area contributed by atoms with Crippen molar-refractivity contribution >= 4 is 41.5 Å². The van der Waals surface area contributed by atoms with Crippen LogP contribution in [-0.2, 0) is 52.4 Å². The minimum Gasteiger partial charge on any atom is -0.461 e. The number of carbonyl (C=O) groups is 7. The van der Waals surface area contributed by atoms with Crippen LogP contribution in [-0.4, -0.2) is 106 Å². The summed E-state index contributed by atoms with van der Waals surface area (Å²) in [7, 11) is 0. The van der Waals surface area contributed by atoms with Crippen molar-refractivity contribution in [1.29, 1.82) is 0 Å². The van der Waals surface area contributed by atoms with E-state index < -0.39 is 119 Å². The normalized spacial score (nSPS) is 29.9. The molecule has 2 saturated carbocycles. The Morgan fingerprint density at radius 1 is 0.868 bits per heavy atom. The molecule has 4 aliphatic rings. The molecule has 2 bridgehead atoms. The minimum atomic E-state index is -2.45. The second-order valence-corrected chi connectivity index (χ2v) is 18.5. The second-order valence-electron chi connectivity index (χ2n) is 18.5. The molecule has 1 heterocycles. The molecule has 3 aromatic rings. The van der Waals surface area contributed by atoms with E-state index in [1.807, 2.05) is 0 Å². The van der Waals surface area contributed by atoms with Crippen molar-refractivity contribution in [2.75, 3.05) is 6.61 Å². The Balaban J connectivity index is 1.43. The van der Waals surface area contributed by atoms with Crippen molar-refractivity contribution in [1.82, 2.24) is 5.32 Å². The van der Waals surface area contributed by atoms with Crippen LogP contribution in [0.25, 0.3) is 0 Å². The zero-order chi connectivity index (χ0) is 49.3. The molecule has 0 spiro atoms. The van der Waals surface area contributed by atoms with Gasteiger partial charge in [-0.3, -0.25) is 24.0 Å². The highest BCUT2D eigenvalue weighted by Crippen LogP contribution is 2.65. The molecule has 360 valence electrons. The van der Waals surface area contributed by atoms with Gasteiger partial charge in [0.2, 0.25) is 0 Å². The number of benzene rings is 3. The van der Waals surface area contributed by atoms with Gasteiger partial charge in [-0.1, -0.05) is 93.6 Å². The van der Waals surface area contributed by atoms with Gasteiger partial charge in [-0.15, -0.1) is 6.58 Å². The number of carbonyl (C=O) groups excluding carboxylic acids is 7. The number of nitrogens with one attached hydrogen (secondary N) is 1. The number of hydrogen-bond acceptors (Lipinski definition) is 15. The fraction of sp³-hybridized carbons (Fsp3) is 0.442. The van der Waals surface area contributed by atoms with Crippen molar-refractivity contribution < 1.29 is 72.2 Å². The lowest BCUT2D eigenvalue weighted by Crippen LogP contribution is -2.82. The number of fused-ring (bicyclic) bond motifs is 5. The molecule has 11 atom stereocenters. The number of esters is 5. The van der Waals surface area contributed by atoms with Gasteiger partial charge in [0, 0.05) is 37.2 Å². The average molecular weight is 936 g/mol. The Morgan fingerprint density at radius 3 is 2.03 bits per heavy atom. The van der Waals surface area contributed by atoms with Crippen LogP contribution in [0.3, 0.4) is 0 Å². The van der Waals surface area contributed by atoms with Crippen molar-refractivity contribution in [3.8, 4) is 0 Å². The van der Waals surface area contributed by atoms with E-state index in [-0.39, 0.29) is 48.1 Å². The molecule has 7 rings (SSSR count). The van der Waals surface area contributed by atoms with Crippen LogP contribution < -0.4 is 5.32 Å². The molecule has 1 saturated heterocycles. The first kappa shape index (κ1) is 49.4. The van der Waals surface area contributed by atoms with Crippen molar-refractivity contribution in [3.63, 3.8) is 0 Å². The van der Waals surface area contributed by atoms with E-state index in [1.165, 1.54) is 39.0 Å². The van der Waals surface area contributed by atoms with Crippen LogP contribution >= 0.6 is 0 Å². The van der Waals surface area contributed by atoms with Crippen LogP contribution in [0.1, 0.15) is 99.5 Å². The van der Waals surface area contributed by atoms with E-state index in [1.54, 1.807) is 92.7 Å². The predicted octanol–water partition coefficient (Wildman–Crippen LogP) is 5.25. The average Bonchev–Trinajstić information content (AvgIpc) is 3.31. The summed E-state index contributed by atoms with van der Waals surface area (Å²) in [5.74, 6) is -7.71. The summed E-state index contributed by atoms with van der Waals surface area (Å²) < 4.78 is 37.1. The number of aliphatic hydroxyl groups is 2. The predicted molar refractivity (Wildman–Crippen MR) is 241 cm³/mol. The third-order valence-corrected chi connectivity index (χ3v) is 14.3. The van der Waals surface area contributed by atoms with Crippen molar-refractivity contribution in [2.45, 2.75) is 121 Å². The third kappa shape index (κ3) is 8.65. The quantitative estimate of drug-likeness (QED) is 0.107. The summed E-state index contributed by atoms with van der Waals surface area (Å²) in [6.07, 6.45) is -9.80. The number of aliphatic hydroxyl groups excluding tert-OH is 1. The molecule has 1 aliphatic heterocycles. The molecule has 3 aromatic carbocycles. The SMILES string of the molecule is C=CCC(=O)O[C@H]1C[C@H]2OC[C@@]2(OC(C)=O)[C@H]2[C@H](OC(=O)c3ccccc3)[C@]3(O)C[C@H](OC(=O)[C@H](O)[C@@H](NC(=O)c4ccccc4)c4ccccc4)C(C)=C([C@@H](OC(=O)CC)C(=O)[C@]12C)C3(C)C. The van der Waals surface area contributed by atoms with E-state index in [9.17, 15) is 39.0 Å². The Hall–Kier alpha value is -6.49. The van der Waals surface area contributed by atoms with Crippen LogP contribution in [0.5, 0.6) is 0 Å². The lowest BCUT2D eigenvalue weighted by atomic mass is 9.44. The molecule has 3 N–H and O–H groups in total. The van der Waals surface area contributed by atoms with Gasteiger partial charge in [0.15, 0.2) is 23.6 Å². The zero-order valence-corrected chi connectivity index (χ0v) is 38.8. The maximum atomic E-state index is 16.1. The monoisotopic (exact) mass is 935 g/mol. The highest BCUT2D eigenvalue weighted by atomic mass is 16.6. The lowest BCUT2D eigenvalue weighted by molar-refractivity contribution is -0.346. The zero-order valence-electron chi connectivity index (χ0n) is 38.8. The van der Waals surface area contributed by atoms with Crippen molar-refractivity contribution in [3.05, 3.63) is 131 Å². The second kappa shape index (κ2) is 19.2. The number of hydrogen-bond donors (Lipinski definition) is 3. The first-order valence-electron chi connectivity index (χ1n) is 22.6. The number of rotatable bonds is 14. The van der Waals surface area contributed by atoms with Gasteiger partial charge in [0.1, 0.15) is 30.0 Å². The number of Topliss-reactive ketones (excluding diaryl/α,β-unsaturated/α-hetero) is 1. The fourth-order valence-electron chi connectivity index (χ4n) is 10.7. The maximum Gasteiger partial charge on any atom is 0.338 e. The molecule has 3 aliphatic carbocycles. The van der Waals surface area contributed by atoms with E-state index in [4.69, 9.17) is 28.4 Å². The molecule has 68 heavy (non-hydrogen) atoms. The first-order chi connectivity index (χ1) is 32.2. The van der Waals surface area contributed by atoms with Gasteiger partial charge in [0.25, 0.3) is 5.91 Å². The Labute approximate surface area is 394 Å². The largest absolute Gasteiger partial charge is 0.461 e. The van der Waals surface area contributed by atoms with Gasteiger partial charge in [-0.2, -0.15) is 0 Å². The Morgan fingerprint density at radius 2 is 1.47 bits per heavy atom. The van der Waals surface area contributed by atoms with Gasteiger partial charge < -0.3 is 44.0 Å². The minimum absolute atomic E-state index is 0.0209. The van der Waals surface area contributed by atoms with Gasteiger partial charge in [-0.25, -0.2) is 9.59 Å². The summed E-state index contributed by atoms with van der Waals surface area (Å²) in [5.41, 5.74) is -7.33. The van der Waals surface area contributed by atoms with E-state index in [2.05, 4.69) is 11.9 Å². The third-order valence-electron chi connectivity index (χ3n) is 14.3. The van der Waals surface area contributed by atoms with E-state index in [0.29, 0.717) is 5.56 Å². The van der Waals surface area contributed by atoms with Gasteiger partial charge in [-0.05, 0) is 54.8 Å². The van der Waals surface area contributed by atoms with Crippen LogP contribution in [0.2, 0.25) is 0 Å². The molecular weight excluding hydrogens is 879 g/mol. The lowest BCUT2D eigenvalue weighted by Gasteiger charge is -2.67. The number of amides is 1. The molecule has 0 radical (unpaired) electrons. The van der Waals surface area contributed by atoms with Crippen LogP contribution in [0.4, 0.5) is 0 Å². The molecule has 16 nitrogen and oxygen atoms in total. The van der Waals surface area contributed by atoms with Crippen LogP contribution in [0.15, 0.2) is 115 Å². The summed E-state index contributed by atoms with van der Waals surface area (Å²) in [5, 5.41) is 28.6. The first-order valence-corrected chi connectivity index (χ1v) is 22.6.